The molecule has 0 amide bonds. The molecule has 0 aliphatic carbocycles. The largest absolute Gasteiger partial charge is 0.385 e. The molecule has 0 atom stereocenters. The van der Waals surface area contributed by atoms with Crippen LogP contribution in [0.1, 0.15) is 29.9 Å². The third-order valence-corrected chi connectivity index (χ3v) is 3.96. The molecule has 1 aliphatic rings. The Morgan fingerprint density at radius 1 is 1.24 bits per heavy atom. The van der Waals surface area contributed by atoms with Gasteiger partial charge >= 0.3 is 0 Å². The fourth-order valence-electron chi connectivity index (χ4n) is 2.82. The number of rotatable bonds is 6. The lowest BCUT2D eigenvalue weighted by Crippen LogP contribution is -2.15. The highest BCUT2D eigenvalue weighted by Gasteiger charge is 2.13. The minimum atomic E-state index is 0.238. The van der Waals surface area contributed by atoms with Crippen LogP contribution in [-0.2, 0) is 25.9 Å². The van der Waals surface area contributed by atoms with Crippen molar-refractivity contribution in [3.8, 4) is 0 Å². The highest BCUT2D eigenvalue weighted by Crippen LogP contribution is 2.17. The Morgan fingerprint density at radius 3 is 2.90 bits per heavy atom. The third-order valence-electron chi connectivity index (χ3n) is 3.96. The average molecular weight is 284 g/mol. The number of benzene rings is 1. The Kier molecular flexibility index (Phi) is 4.28. The SMILES string of the molecule is O=NCc1ccc(NCCc2cnc3n2CCCC3)cc1. The Balaban J connectivity index is 1.54. The van der Waals surface area contributed by atoms with Crippen LogP contribution in [0, 0.1) is 4.91 Å². The van der Waals surface area contributed by atoms with Crippen molar-refractivity contribution in [2.75, 3.05) is 11.9 Å². The molecule has 1 aliphatic heterocycles. The Bertz CT molecular complexity index is 603. The number of anilines is 1. The molecule has 0 saturated heterocycles. The van der Waals surface area contributed by atoms with Crippen molar-refractivity contribution in [2.24, 2.45) is 5.18 Å². The van der Waals surface area contributed by atoms with Gasteiger partial charge in [0.25, 0.3) is 0 Å². The molecule has 2 heterocycles. The van der Waals surface area contributed by atoms with Crippen molar-refractivity contribution < 1.29 is 0 Å². The van der Waals surface area contributed by atoms with Gasteiger partial charge in [-0.15, -0.1) is 0 Å². The number of fused-ring (bicyclic) bond motifs is 1. The zero-order valence-corrected chi connectivity index (χ0v) is 12.1. The first-order valence-electron chi connectivity index (χ1n) is 7.52. The van der Waals surface area contributed by atoms with Crippen molar-refractivity contribution in [3.05, 3.63) is 52.5 Å². The van der Waals surface area contributed by atoms with Crippen LogP contribution in [0.3, 0.4) is 0 Å². The Hall–Kier alpha value is -2.17. The highest BCUT2D eigenvalue weighted by atomic mass is 16.3. The molecule has 5 nitrogen and oxygen atoms in total. The zero-order chi connectivity index (χ0) is 14.5. The van der Waals surface area contributed by atoms with Crippen molar-refractivity contribution in [3.63, 3.8) is 0 Å². The minimum absolute atomic E-state index is 0.238. The molecule has 1 aromatic carbocycles. The van der Waals surface area contributed by atoms with Gasteiger partial charge in [0, 0.05) is 43.5 Å². The van der Waals surface area contributed by atoms with E-state index in [4.69, 9.17) is 0 Å². The van der Waals surface area contributed by atoms with Crippen LogP contribution in [-0.4, -0.2) is 16.1 Å². The van der Waals surface area contributed by atoms with Crippen LogP contribution < -0.4 is 5.32 Å². The van der Waals surface area contributed by atoms with Crippen LogP contribution in [0.15, 0.2) is 35.6 Å². The van der Waals surface area contributed by atoms with Gasteiger partial charge < -0.3 is 9.88 Å². The van der Waals surface area contributed by atoms with Gasteiger partial charge in [-0.05, 0) is 30.5 Å². The standard InChI is InChI=1S/C16H20N4O/c21-19-11-13-4-6-14(7-5-13)17-9-8-15-12-18-16-3-1-2-10-20(15)16/h4-7,12,17H,1-3,8-11H2. The second-order valence-corrected chi connectivity index (χ2v) is 5.44. The van der Waals surface area contributed by atoms with E-state index in [1.54, 1.807) is 0 Å². The first-order valence-corrected chi connectivity index (χ1v) is 7.52. The van der Waals surface area contributed by atoms with E-state index < -0.39 is 0 Å². The summed E-state index contributed by atoms with van der Waals surface area (Å²) in [5.74, 6) is 1.24. The summed E-state index contributed by atoms with van der Waals surface area (Å²) in [5, 5.41) is 6.30. The lowest BCUT2D eigenvalue weighted by Gasteiger charge is -2.16. The van der Waals surface area contributed by atoms with Gasteiger partial charge in [0.05, 0.1) is 0 Å². The number of hydrogen-bond acceptors (Lipinski definition) is 4. The van der Waals surface area contributed by atoms with E-state index in [0.29, 0.717) is 0 Å². The molecule has 0 bridgehead atoms. The molecule has 110 valence electrons. The highest BCUT2D eigenvalue weighted by molar-refractivity contribution is 5.44. The third kappa shape index (κ3) is 3.29. The molecule has 1 aromatic heterocycles. The number of hydrogen-bond donors (Lipinski definition) is 1. The summed E-state index contributed by atoms with van der Waals surface area (Å²) in [4.78, 5) is 14.7. The second kappa shape index (κ2) is 6.52. The van der Waals surface area contributed by atoms with Crippen LogP contribution in [0.5, 0.6) is 0 Å². The molecule has 0 radical (unpaired) electrons. The molecule has 0 saturated carbocycles. The van der Waals surface area contributed by atoms with Crippen LogP contribution in [0.2, 0.25) is 0 Å². The molecule has 5 heteroatoms. The average Bonchev–Trinajstić information content (AvgIpc) is 2.93. The van der Waals surface area contributed by atoms with E-state index >= 15 is 0 Å². The minimum Gasteiger partial charge on any atom is -0.385 e. The molecule has 2 aromatic rings. The van der Waals surface area contributed by atoms with E-state index in [-0.39, 0.29) is 6.54 Å². The number of nitrogens with zero attached hydrogens (tertiary/aromatic N) is 3. The molecule has 1 N–H and O–H groups in total. The van der Waals surface area contributed by atoms with E-state index in [1.165, 1.54) is 24.4 Å². The Labute approximate surface area is 124 Å². The predicted octanol–water partition coefficient (Wildman–Crippen LogP) is 3.14. The van der Waals surface area contributed by atoms with E-state index in [2.05, 4.69) is 20.0 Å². The first-order chi connectivity index (χ1) is 10.4. The topological polar surface area (TPSA) is 59.3 Å². The number of aryl methyl sites for hydroxylation is 1. The molecule has 0 unspecified atom stereocenters. The smallest absolute Gasteiger partial charge is 0.108 e. The number of nitrogens with one attached hydrogen (secondary N) is 1. The van der Waals surface area contributed by atoms with Gasteiger partial charge in [-0.1, -0.05) is 17.3 Å². The van der Waals surface area contributed by atoms with Gasteiger partial charge in [0.15, 0.2) is 0 Å². The Morgan fingerprint density at radius 2 is 2.10 bits per heavy atom. The van der Waals surface area contributed by atoms with Crippen molar-refractivity contribution in [1.29, 1.82) is 0 Å². The predicted molar refractivity (Wildman–Crippen MR) is 83.3 cm³/mol. The maximum Gasteiger partial charge on any atom is 0.108 e. The summed E-state index contributed by atoms with van der Waals surface area (Å²) in [5.41, 5.74) is 3.34. The quantitative estimate of drug-likeness (QED) is 0.829. The molecule has 21 heavy (non-hydrogen) atoms. The van der Waals surface area contributed by atoms with Crippen molar-refractivity contribution in [2.45, 2.75) is 38.8 Å². The van der Waals surface area contributed by atoms with E-state index in [1.807, 2.05) is 30.5 Å². The van der Waals surface area contributed by atoms with Crippen LogP contribution in [0.25, 0.3) is 0 Å². The normalized spacial score (nSPS) is 13.7. The van der Waals surface area contributed by atoms with Gasteiger partial charge in [0.2, 0.25) is 0 Å². The van der Waals surface area contributed by atoms with Crippen LogP contribution >= 0.6 is 0 Å². The van der Waals surface area contributed by atoms with Crippen molar-refractivity contribution in [1.82, 2.24) is 9.55 Å². The van der Waals surface area contributed by atoms with E-state index in [0.717, 1.165) is 37.2 Å². The molecule has 0 fully saturated rings. The fourth-order valence-corrected chi connectivity index (χ4v) is 2.82. The monoisotopic (exact) mass is 284 g/mol. The van der Waals surface area contributed by atoms with E-state index in [9.17, 15) is 4.91 Å². The maximum absolute atomic E-state index is 10.2. The van der Waals surface area contributed by atoms with Gasteiger partial charge in [0.1, 0.15) is 12.4 Å². The maximum atomic E-state index is 10.2. The summed E-state index contributed by atoms with van der Waals surface area (Å²) >= 11 is 0. The summed E-state index contributed by atoms with van der Waals surface area (Å²) in [6.45, 7) is 2.23. The number of aromatic nitrogens is 2. The molecule has 0 spiro atoms. The summed E-state index contributed by atoms with van der Waals surface area (Å²) < 4.78 is 2.37. The van der Waals surface area contributed by atoms with Gasteiger partial charge in [-0.2, -0.15) is 4.91 Å². The summed E-state index contributed by atoms with van der Waals surface area (Å²) in [6, 6.07) is 7.85. The number of nitroso groups, excluding NO2 is 1. The lowest BCUT2D eigenvalue weighted by atomic mass is 10.1. The van der Waals surface area contributed by atoms with Gasteiger partial charge in [-0.3, -0.25) is 0 Å². The second-order valence-electron chi connectivity index (χ2n) is 5.44. The van der Waals surface area contributed by atoms with Crippen LogP contribution in [0.4, 0.5) is 5.69 Å². The zero-order valence-electron chi connectivity index (χ0n) is 12.1. The molecule has 3 rings (SSSR count). The first kappa shape index (κ1) is 13.8. The van der Waals surface area contributed by atoms with Crippen molar-refractivity contribution >= 4 is 5.69 Å². The molecular formula is C16H20N4O. The fraction of sp³-hybridized carbons (Fsp3) is 0.438. The summed E-state index contributed by atoms with van der Waals surface area (Å²) in [7, 11) is 0. The molecular weight excluding hydrogens is 264 g/mol. The van der Waals surface area contributed by atoms with Gasteiger partial charge in [-0.25, -0.2) is 4.98 Å². The summed E-state index contributed by atoms with van der Waals surface area (Å²) in [6.07, 6.45) is 6.62. The lowest BCUT2D eigenvalue weighted by molar-refractivity contribution is 0.509. The number of imidazole rings is 1.